The fourth-order valence-corrected chi connectivity index (χ4v) is 2.23. The lowest BCUT2D eigenvalue weighted by atomic mass is 9.99. The highest BCUT2D eigenvalue weighted by Gasteiger charge is 2.29. The van der Waals surface area contributed by atoms with Crippen LogP contribution in [0.3, 0.4) is 0 Å². The molecule has 6 heteroatoms. The van der Waals surface area contributed by atoms with Gasteiger partial charge in [-0.25, -0.2) is 0 Å². The molecule has 0 saturated carbocycles. The van der Waals surface area contributed by atoms with E-state index in [1.54, 1.807) is 0 Å². The summed E-state index contributed by atoms with van der Waals surface area (Å²) in [4.78, 5) is 30.2. The number of nitrogens with two attached hydrogens (primary N) is 1. The molecular weight excluding hydrogens is 334 g/mol. The van der Waals surface area contributed by atoms with E-state index in [1.807, 2.05) is 6.92 Å². The predicted octanol–water partition coefficient (Wildman–Crippen LogP) is 4.00. The first-order valence-electron chi connectivity index (χ1n) is 9.90. The second kappa shape index (κ2) is 19.7. The zero-order valence-electron chi connectivity index (χ0n) is 17.1. The van der Waals surface area contributed by atoms with E-state index in [-0.39, 0.29) is 24.3 Å². The molecule has 154 valence electrons. The van der Waals surface area contributed by atoms with Gasteiger partial charge in [-0.3, -0.25) is 14.4 Å². The molecule has 0 bridgehead atoms. The van der Waals surface area contributed by atoms with Crippen LogP contribution in [0.5, 0.6) is 0 Å². The maximum Gasteiger partial charge on any atom is 0.312 e. The molecule has 26 heavy (non-hydrogen) atoms. The van der Waals surface area contributed by atoms with Crippen molar-refractivity contribution in [1.29, 1.82) is 0 Å². The number of cyclic esters (lactones) is 1. The number of ether oxygens (including phenoxy) is 2. The second-order valence-electron chi connectivity index (χ2n) is 6.82. The average Bonchev–Trinajstić information content (AvgIpc) is 2.59. The number of carbonyl (C=O) groups excluding carboxylic acids is 3. The van der Waals surface area contributed by atoms with Gasteiger partial charge in [0.1, 0.15) is 6.61 Å². The van der Waals surface area contributed by atoms with Crippen LogP contribution >= 0.6 is 0 Å². The van der Waals surface area contributed by atoms with E-state index >= 15 is 0 Å². The summed E-state index contributed by atoms with van der Waals surface area (Å²) in [6.45, 7) is 9.76. The van der Waals surface area contributed by atoms with Crippen LogP contribution in [0.25, 0.3) is 0 Å². The molecule has 0 aromatic rings. The zero-order valence-corrected chi connectivity index (χ0v) is 17.1. The number of hydrogen-bond acceptors (Lipinski definition) is 5. The van der Waals surface area contributed by atoms with Crippen molar-refractivity contribution in [2.75, 3.05) is 13.2 Å². The Hall–Kier alpha value is -1.59. The molecule has 1 saturated heterocycles. The van der Waals surface area contributed by atoms with Gasteiger partial charge >= 0.3 is 11.9 Å². The van der Waals surface area contributed by atoms with Gasteiger partial charge in [0.25, 0.3) is 0 Å². The van der Waals surface area contributed by atoms with E-state index in [2.05, 4.69) is 31.2 Å². The lowest BCUT2D eigenvalue weighted by molar-refractivity contribution is -0.169. The maximum atomic E-state index is 11.0. The van der Waals surface area contributed by atoms with E-state index in [4.69, 9.17) is 9.53 Å². The number of rotatable bonds is 11. The molecule has 6 nitrogen and oxygen atoms in total. The van der Waals surface area contributed by atoms with Crippen LogP contribution in [-0.4, -0.2) is 31.6 Å². The van der Waals surface area contributed by atoms with Gasteiger partial charge in [0.15, 0.2) is 0 Å². The molecule has 2 N–H and O–H groups in total. The Morgan fingerprint density at radius 3 is 2.31 bits per heavy atom. The predicted molar refractivity (Wildman–Crippen MR) is 103 cm³/mol. The highest BCUT2D eigenvalue weighted by atomic mass is 16.6. The molecule has 1 amide bonds. The normalized spacial score (nSPS) is 14.8. The monoisotopic (exact) mass is 373 g/mol. The van der Waals surface area contributed by atoms with E-state index in [1.165, 1.54) is 25.7 Å². The Morgan fingerprint density at radius 2 is 1.88 bits per heavy atom. The number of unbranched alkanes of at least 4 members (excludes halogenated alkanes) is 3. The van der Waals surface area contributed by atoms with Crippen molar-refractivity contribution in [3.05, 3.63) is 0 Å². The van der Waals surface area contributed by atoms with Gasteiger partial charge in [-0.2, -0.15) is 0 Å². The minimum Gasteiger partial charge on any atom is -0.466 e. The van der Waals surface area contributed by atoms with Crippen molar-refractivity contribution in [3.8, 4) is 0 Å². The Labute approximate surface area is 159 Å². The van der Waals surface area contributed by atoms with E-state index in [0.717, 1.165) is 25.7 Å². The van der Waals surface area contributed by atoms with Gasteiger partial charge in [0.05, 0.1) is 12.5 Å². The summed E-state index contributed by atoms with van der Waals surface area (Å²) in [5.41, 5.74) is 4.17. The minimum absolute atomic E-state index is 0.0153. The van der Waals surface area contributed by atoms with Gasteiger partial charge in [0, 0.05) is 6.42 Å². The topological polar surface area (TPSA) is 95.7 Å². The summed E-state index contributed by atoms with van der Waals surface area (Å²) in [7, 11) is 0. The molecule has 0 unspecified atom stereocenters. The number of carbonyl (C=O) groups is 3. The number of esters is 2. The quantitative estimate of drug-likeness (QED) is 0.335. The lowest BCUT2D eigenvalue weighted by Gasteiger charge is -2.23. The van der Waals surface area contributed by atoms with E-state index in [0.29, 0.717) is 25.6 Å². The first kappa shape index (κ1) is 26.6. The summed E-state index contributed by atoms with van der Waals surface area (Å²) in [6.07, 6.45) is 9.86. The Kier molecular flexibility index (Phi) is 20.2. The maximum absolute atomic E-state index is 11.0. The third-order valence-electron chi connectivity index (χ3n) is 3.80. The van der Waals surface area contributed by atoms with Gasteiger partial charge in [-0.05, 0) is 25.2 Å². The Morgan fingerprint density at radius 1 is 1.23 bits per heavy atom. The highest BCUT2D eigenvalue weighted by Crippen LogP contribution is 2.19. The summed E-state index contributed by atoms with van der Waals surface area (Å²) in [6, 6.07) is 0. The molecule has 0 aromatic heterocycles. The summed E-state index contributed by atoms with van der Waals surface area (Å²) in [5, 5.41) is 0. The first-order valence-corrected chi connectivity index (χ1v) is 9.90. The summed E-state index contributed by atoms with van der Waals surface area (Å²) < 4.78 is 9.60. The number of hydrogen-bond donors (Lipinski definition) is 1. The molecule has 0 spiro atoms. The smallest absolute Gasteiger partial charge is 0.312 e. The Bertz CT molecular complexity index is 358. The van der Waals surface area contributed by atoms with Crippen LogP contribution in [0.1, 0.15) is 85.5 Å². The fraction of sp³-hybridized carbons (Fsp3) is 0.850. The fourth-order valence-electron chi connectivity index (χ4n) is 2.23. The summed E-state index contributed by atoms with van der Waals surface area (Å²) >= 11 is 0. The minimum atomic E-state index is -0.0440. The van der Waals surface area contributed by atoms with Crippen molar-refractivity contribution < 1.29 is 23.9 Å². The van der Waals surface area contributed by atoms with E-state index < -0.39 is 0 Å². The Balaban J connectivity index is 0. The van der Waals surface area contributed by atoms with Crippen molar-refractivity contribution in [3.63, 3.8) is 0 Å². The van der Waals surface area contributed by atoms with Crippen LogP contribution in [0.15, 0.2) is 0 Å². The molecule has 0 aromatic carbocycles. The molecule has 1 atom stereocenters. The van der Waals surface area contributed by atoms with Gasteiger partial charge < -0.3 is 15.2 Å². The van der Waals surface area contributed by atoms with Gasteiger partial charge in [0.2, 0.25) is 6.41 Å². The number of amides is 1. The van der Waals surface area contributed by atoms with Gasteiger partial charge in [-0.1, -0.05) is 59.8 Å². The molecule has 0 radical (unpaired) electrons. The van der Waals surface area contributed by atoms with Crippen molar-refractivity contribution in [2.24, 2.45) is 17.6 Å². The lowest BCUT2D eigenvalue weighted by Crippen LogP contribution is -2.34. The number of primary amides is 1. The molecule has 1 fully saturated rings. The average molecular weight is 374 g/mol. The molecule has 1 aliphatic heterocycles. The van der Waals surface area contributed by atoms with Crippen LogP contribution < -0.4 is 5.73 Å². The van der Waals surface area contributed by atoms with Crippen molar-refractivity contribution in [1.82, 2.24) is 0 Å². The van der Waals surface area contributed by atoms with Crippen LogP contribution in [0, 0.1) is 11.8 Å². The van der Waals surface area contributed by atoms with Crippen molar-refractivity contribution >= 4 is 18.3 Å². The SMILES string of the molecule is CCCCCC[C@H]1COC1=O.CCCOC(=O)CCCC(C)C.NC=O. The molecule has 1 heterocycles. The van der Waals surface area contributed by atoms with Crippen molar-refractivity contribution in [2.45, 2.75) is 85.5 Å². The molecule has 1 aliphatic rings. The third kappa shape index (κ3) is 18.7. The standard InChI is InChI=1S/C10H20O2.C9H16O2.CH3NO/c1-4-8-12-10(11)7-5-6-9(2)3;1-2-3-4-5-6-8-7-11-9(8)10;2-1-3/h9H,4-8H2,1-3H3;8H,2-7H2,1H3;1H,(H2,2,3)/t;8-;/m.0./s1. The largest absolute Gasteiger partial charge is 0.466 e. The molecule has 0 aliphatic carbocycles. The third-order valence-corrected chi connectivity index (χ3v) is 3.80. The molecular formula is C20H39NO5. The van der Waals surface area contributed by atoms with E-state index in [9.17, 15) is 9.59 Å². The van der Waals surface area contributed by atoms with Crippen LogP contribution in [-0.2, 0) is 23.9 Å². The zero-order chi connectivity index (χ0) is 20.2. The van der Waals surface area contributed by atoms with Crippen LogP contribution in [0.4, 0.5) is 0 Å². The first-order chi connectivity index (χ1) is 12.4. The highest BCUT2D eigenvalue weighted by molar-refractivity contribution is 5.77. The second-order valence-corrected chi connectivity index (χ2v) is 6.82. The summed E-state index contributed by atoms with van der Waals surface area (Å²) in [5.74, 6) is 0.898. The molecule has 1 rings (SSSR count). The van der Waals surface area contributed by atoms with Crippen LogP contribution in [0.2, 0.25) is 0 Å². The van der Waals surface area contributed by atoms with Gasteiger partial charge in [-0.15, -0.1) is 0 Å².